The SMILES string of the molecule is Cc1ccc([C@]2(C)NC(=O)N(CC(=O)N[C@H](C)c3ccc(-n4ccnc4)cc3)C2=O)cc1. The van der Waals surface area contributed by atoms with Gasteiger partial charge < -0.3 is 15.2 Å². The Kier molecular flexibility index (Phi) is 5.52. The van der Waals surface area contributed by atoms with Crippen LogP contribution in [0.2, 0.25) is 0 Å². The number of hydrogen-bond acceptors (Lipinski definition) is 4. The van der Waals surface area contributed by atoms with Crippen molar-refractivity contribution in [2.45, 2.75) is 32.4 Å². The fourth-order valence-electron chi connectivity index (χ4n) is 3.78. The number of carbonyl (C=O) groups is 3. The van der Waals surface area contributed by atoms with Crippen molar-refractivity contribution < 1.29 is 14.4 Å². The Bertz CT molecular complexity index is 1140. The van der Waals surface area contributed by atoms with Gasteiger partial charge in [-0.2, -0.15) is 0 Å². The predicted octanol–water partition coefficient (Wildman–Crippen LogP) is 2.83. The van der Waals surface area contributed by atoms with Crippen LogP contribution >= 0.6 is 0 Å². The summed E-state index contributed by atoms with van der Waals surface area (Å²) in [6.45, 7) is 5.11. The van der Waals surface area contributed by atoms with Gasteiger partial charge in [0.15, 0.2) is 0 Å². The van der Waals surface area contributed by atoms with E-state index in [1.165, 1.54) is 0 Å². The van der Waals surface area contributed by atoms with Gasteiger partial charge in [-0.3, -0.25) is 14.5 Å². The van der Waals surface area contributed by atoms with Gasteiger partial charge in [0, 0.05) is 18.1 Å². The van der Waals surface area contributed by atoms with E-state index in [0.29, 0.717) is 5.56 Å². The molecule has 1 aliphatic heterocycles. The predicted molar refractivity (Wildman–Crippen MR) is 119 cm³/mol. The van der Waals surface area contributed by atoms with Crippen LogP contribution in [-0.2, 0) is 15.1 Å². The largest absolute Gasteiger partial charge is 0.348 e. The summed E-state index contributed by atoms with van der Waals surface area (Å²) < 4.78 is 1.88. The third kappa shape index (κ3) is 3.99. The molecule has 1 aliphatic rings. The van der Waals surface area contributed by atoms with Crippen LogP contribution in [0.1, 0.15) is 36.6 Å². The number of nitrogens with one attached hydrogen (secondary N) is 2. The number of imide groups is 1. The number of rotatable bonds is 6. The molecule has 3 aromatic rings. The quantitative estimate of drug-likeness (QED) is 0.587. The number of urea groups is 1. The van der Waals surface area contributed by atoms with E-state index in [4.69, 9.17) is 0 Å². The molecule has 1 saturated heterocycles. The highest BCUT2D eigenvalue weighted by Crippen LogP contribution is 2.29. The number of aryl methyl sites for hydroxylation is 1. The number of hydrogen-bond donors (Lipinski definition) is 2. The summed E-state index contributed by atoms with van der Waals surface area (Å²) in [6.07, 6.45) is 5.27. The molecule has 32 heavy (non-hydrogen) atoms. The van der Waals surface area contributed by atoms with Crippen molar-refractivity contribution in [1.29, 1.82) is 0 Å². The molecule has 0 saturated carbocycles. The van der Waals surface area contributed by atoms with Crippen LogP contribution in [0.25, 0.3) is 5.69 Å². The fraction of sp³-hybridized carbons (Fsp3) is 0.250. The Hall–Kier alpha value is -3.94. The minimum atomic E-state index is -1.19. The monoisotopic (exact) mass is 431 g/mol. The highest BCUT2D eigenvalue weighted by atomic mass is 16.2. The first kappa shape index (κ1) is 21.3. The summed E-state index contributed by atoms with van der Waals surface area (Å²) >= 11 is 0. The van der Waals surface area contributed by atoms with Gasteiger partial charge in [-0.25, -0.2) is 9.78 Å². The third-order valence-electron chi connectivity index (χ3n) is 5.78. The Morgan fingerprint density at radius 2 is 1.81 bits per heavy atom. The summed E-state index contributed by atoms with van der Waals surface area (Å²) in [6, 6.07) is 14.2. The van der Waals surface area contributed by atoms with Gasteiger partial charge in [0.2, 0.25) is 5.91 Å². The number of nitrogens with zero attached hydrogens (tertiary/aromatic N) is 3. The first-order valence-electron chi connectivity index (χ1n) is 10.4. The second-order valence-corrected chi connectivity index (χ2v) is 8.16. The maximum Gasteiger partial charge on any atom is 0.325 e. The lowest BCUT2D eigenvalue weighted by Gasteiger charge is -2.22. The van der Waals surface area contributed by atoms with E-state index in [0.717, 1.165) is 21.7 Å². The van der Waals surface area contributed by atoms with E-state index in [-0.39, 0.29) is 12.6 Å². The molecular weight excluding hydrogens is 406 g/mol. The molecule has 1 fully saturated rings. The minimum Gasteiger partial charge on any atom is -0.348 e. The van der Waals surface area contributed by atoms with Crippen molar-refractivity contribution >= 4 is 17.8 Å². The van der Waals surface area contributed by atoms with E-state index >= 15 is 0 Å². The second-order valence-electron chi connectivity index (χ2n) is 8.16. The van der Waals surface area contributed by atoms with Gasteiger partial charge in [0.25, 0.3) is 5.91 Å². The average Bonchev–Trinajstić information content (AvgIpc) is 3.38. The molecule has 4 amide bonds. The van der Waals surface area contributed by atoms with E-state index in [1.807, 2.05) is 73.1 Å². The Morgan fingerprint density at radius 1 is 1.12 bits per heavy atom. The summed E-state index contributed by atoms with van der Waals surface area (Å²) in [5.41, 5.74) is 2.40. The fourth-order valence-corrected chi connectivity index (χ4v) is 3.78. The van der Waals surface area contributed by atoms with Crippen LogP contribution in [0, 0.1) is 6.92 Å². The van der Waals surface area contributed by atoms with E-state index in [2.05, 4.69) is 15.6 Å². The molecule has 1 aromatic heterocycles. The molecule has 164 valence electrons. The number of imidazole rings is 1. The third-order valence-corrected chi connectivity index (χ3v) is 5.78. The van der Waals surface area contributed by atoms with Crippen molar-refractivity contribution in [1.82, 2.24) is 25.1 Å². The summed E-state index contributed by atoms with van der Waals surface area (Å²) in [4.78, 5) is 43.1. The topological polar surface area (TPSA) is 96.3 Å². The lowest BCUT2D eigenvalue weighted by atomic mass is 9.91. The van der Waals surface area contributed by atoms with Gasteiger partial charge in [0.05, 0.1) is 12.4 Å². The number of amides is 4. The maximum atomic E-state index is 13.0. The Balaban J connectivity index is 1.40. The normalized spacial score (nSPS) is 19.0. The van der Waals surface area contributed by atoms with Crippen LogP contribution in [0.4, 0.5) is 4.79 Å². The van der Waals surface area contributed by atoms with Crippen LogP contribution in [0.15, 0.2) is 67.3 Å². The van der Waals surface area contributed by atoms with E-state index in [1.54, 1.807) is 19.4 Å². The average molecular weight is 431 g/mol. The Morgan fingerprint density at radius 3 is 2.44 bits per heavy atom. The molecule has 0 aliphatic carbocycles. The van der Waals surface area contributed by atoms with E-state index in [9.17, 15) is 14.4 Å². The van der Waals surface area contributed by atoms with Gasteiger partial charge in [-0.1, -0.05) is 42.0 Å². The van der Waals surface area contributed by atoms with Crippen molar-refractivity contribution in [3.63, 3.8) is 0 Å². The van der Waals surface area contributed by atoms with Crippen molar-refractivity contribution in [3.05, 3.63) is 83.9 Å². The van der Waals surface area contributed by atoms with Crippen LogP contribution in [0.3, 0.4) is 0 Å². The zero-order valence-electron chi connectivity index (χ0n) is 18.2. The molecule has 0 spiro atoms. The van der Waals surface area contributed by atoms with Gasteiger partial charge in [0.1, 0.15) is 12.1 Å². The smallest absolute Gasteiger partial charge is 0.325 e. The zero-order chi connectivity index (χ0) is 22.9. The molecule has 0 radical (unpaired) electrons. The molecule has 4 rings (SSSR count). The molecule has 2 N–H and O–H groups in total. The van der Waals surface area contributed by atoms with Crippen LogP contribution in [0.5, 0.6) is 0 Å². The first-order valence-corrected chi connectivity index (χ1v) is 10.4. The molecule has 2 heterocycles. The maximum absolute atomic E-state index is 13.0. The zero-order valence-corrected chi connectivity index (χ0v) is 18.2. The van der Waals surface area contributed by atoms with Crippen LogP contribution in [-0.4, -0.2) is 38.8 Å². The molecule has 0 bridgehead atoms. The molecule has 8 nitrogen and oxygen atoms in total. The van der Waals surface area contributed by atoms with Crippen molar-refractivity contribution in [2.24, 2.45) is 0 Å². The lowest BCUT2D eigenvalue weighted by Crippen LogP contribution is -2.43. The van der Waals surface area contributed by atoms with Crippen LogP contribution < -0.4 is 10.6 Å². The molecule has 2 aromatic carbocycles. The standard InChI is InChI=1S/C24H25N5O3/c1-16-4-8-19(9-5-16)24(3)22(31)29(23(32)27-24)14-21(30)26-17(2)18-6-10-20(11-7-18)28-13-12-25-15-28/h4-13,15,17H,14H2,1-3H3,(H,26,30)(H,27,32)/t17-,24+/m1/s1. The number of aromatic nitrogens is 2. The van der Waals surface area contributed by atoms with Gasteiger partial charge >= 0.3 is 6.03 Å². The molecular formula is C24H25N5O3. The lowest BCUT2D eigenvalue weighted by molar-refractivity contribution is -0.135. The Labute approximate surface area is 186 Å². The van der Waals surface area contributed by atoms with Gasteiger partial charge in [-0.15, -0.1) is 0 Å². The minimum absolute atomic E-state index is 0.288. The second kappa shape index (κ2) is 8.30. The summed E-state index contributed by atoms with van der Waals surface area (Å²) in [5.74, 6) is -0.855. The summed E-state index contributed by atoms with van der Waals surface area (Å²) in [5, 5.41) is 5.59. The number of benzene rings is 2. The molecule has 2 atom stereocenters. The van der Waals surface area contributed by atoms with Gasteiger partial charge in [-0.05, 0) is 44.0 Å². The van der Waals surface area contributed by atoms with Crippen molar-refractivity contribution in [3.8, 4) is 5.69 Å². The highest BCUT2D eigenvalue weighted by molar-refractivity contribution is 6.09. The number of carbonyl (C=O) groups excluding carboxylic acids is 3. The molecule has 8 heteroatoms. The summed E-state index contributed by atoms with van der Waals surface area (Å²) in [7, 11) is 0. The molecule has 0 unspecified atom stereocenters. The van der Waals surface area contributed by atoms with Crippen molar-refractivity contribution in [2.75, 3.05) is 6.54 Å². The first-order chi connectivity index (χ1) is 15.3. The highest BCUT2D eigenvalue weighted by Gasteiger charge is 2.49. The van der Waals surface area contributed by atoms with E-state index < -0.39 is 23.4 Å².